The van der Waals surface area contributed by atoms with Crippen molar-refractivity contribution >= 4 is 12.6 Å². The zero-order valence-corrected chi connectivity index (χ0v) is 13.3. The molecule has 0 amide bonds. The fourth-order valence-corrected chi connectivity index (χ4v) is 2.75. The zero-order chi connectivity index (χ0) is 16.8. The van der Waals surface area contributed by atoms with Crippen LogP contribution < -0.4 is 0 Å². The molecule has 0 saturated carbocycles. The number of hydrogen-bond acceptors (Lipinski definition) is 2. The van der Waals surface area contributed by atoms with E-state index >= 15 is 0 Å². The maximum absolute atomic E-state index is 10.7. The maximum Gasteiger partial charge on any atom is 0.150 e. The van der Waals surface area contributed by atoms with Crippen molar-refractivity contribution in [3.05, 3.63) is 106 Å². The van der Waals surface area contributed by atoms with Gasteiger partial charge in [-0.25, -0.2) is 0 Å². The number of aldehydes is 2. The van der Waals surface area contributed by atoms with Crippen molar-refractivity contribution in [1.29, 1.82) is 0 Å². The standard InChI is InChI=1S/C22H18O2/c23-15-19-8-4-17(5-9-19)12-21-2-1-3-22(14-21)13-18-6-10-20(16-24)11-7-18/h1-11,14-16H,12-13H2. The highest BCUT2D eigenvalue weighted by molar-refractivity contribution is 5.75. The van der Waals surface area contributed by atoms with Crippen LogP contribution in [0, 0.1) is 0 Å². The van der Waals surface area contributed by atoms with Crippen molar-refractivity contribution in [2.24, 2.45) is 0 Å². The van der Waals surface area contributed by atoms with Gasteiger partial charge >= 0.3 is 0 Å². The molecule has 0 unspecified atom stereocenters. The van der Waals surface area contributed by atoms with Crippen molar-refractivity contribution in [1.82, 2.24) is 0 Å². The van der Waals surface area contributed by atoms with Crippen LogP contribution in [0.1, 0.15) is 43.0 Å². The third-order valence-corrected chi connectivity index (χ3v) is 4.04. The third kappa shape index (κ3) is 4.05. The van der Waals surface area contributed by atoms with Gasteiger partial charge in [0.2, 0.25) is 0 Å². The molecule has 2 heteroatoms. The molecule has 0 spiro atoms. The minimum absolute atomic E-state index is 0.700. The van der Waals surface area contributed by atoms with E-state index in [1.807, 2.05) is 48.5 Å². The van der Waals surface area contributed by atoms with Gasteiger partial charge in [-0.3, -0.25) is 9.59 Å². The lowest BCUT2D eigenvalue weighted by Crippen LogP contribution is -1.93. The SMILES string of the molecule is O=Cc1ccc(Cc2cccc(Cc3ccc(C=O)cc3)c2)cc1. The maximum atomic E-state index is 10.7. The van der Waals surface area contributed by atoms with E-state index in [2.05, 4.69) is 24.3 Å². The van der Waals surface area contributed by atoms with Crippen LogP contribution >= 0.6 is 0 Å². The fraction of sp³-hybridized carbons (Fsp3) is 0.0909. The summed E-state index contributed by atoms with van der Waals surface area (Å²) in [5.74, 6) is 0. The summed E-state index contributed by atoms with van der Waals surface area (Å²) in [5.41, 5.74) is 6.27. The molecular formula is C22H18O2. The zero-order valence-electron chi connectivity index (χ0n) is 13.3. The smallest absolute Gasteiger partial charge is 0.150 e. The molecule has 0 radical (unpaired) electrons. The molecule has 118 valence electrons. The van der Waals surface area contributed by atoms with Gasteiger partial charge in [-0.05, 0) is 35.1 Å². The average Bonchev–Trinajstić information content (AvgIpc) is 2.63. The second-order valence-electron chi connectivity index (χ2n) is 5.89. The lowest BCUT2D eigenvalue weighted by atomic mass is 9.98. The fourth-order valence-electron chi connectivity index (χ4n) is 2.75. The van der Waals surface area contributed by atoms with E-state index in [1.165, 1.54) is 22.3 Å². The van der Waals surface area contributed by atoms with Crippen LogP contribution in [-0.2, 0) is 12.8 Å². The molecule has 2 nitrogen and oxygen atoms in total. The quantitative estimate of drug-likeness (QED) is 0.628. The Morgan fingerprint density at radius 1 is 0.542 bits per heavy atom. The Morgan fingerprint density at radius 3 is 1.33 bits per heavy atom. The van der Waals surface area contributed by atoms with Gasteiger partial charge < -0.3 is 0 Å². The topological polar surface area (TPSA) is 34.1 Å². The monoisotopic (exact) mass is 314 g/mol. The van der Waals surface area contributed by atoms with Gasteiger partial charge in [0.15, 0.2) is 0 Å². The van der Waals surface area contributed by atoms with Gasteiger partial charge in [0.25, 0.3) is 0 Å². The number of carbonyl (C=O) groups is 2. The van der Waals surface area contributed by atoms with E-state index in [0.29, 0.717) is 11.1 Å². The molecule has 0 N–H and O–H groups in total. The summed E-state index contributed by atoms with van der Waals surface area (Å²) in [5, 5.41) is 0. The predicted octanol–water partition coefficient (Wildman–Crippen LogP) is 4.49. The molecule has 0 saturated heterocycles. The summed E-state index contributed by atoms with van der Waals surface area (Å²) in [6.07, 6.45) is 3.41. The van der Waals surface area contributed by atoms with Crippen LogP contribution in [0.4, 0.5) is 0 Å². The molecule has 0 heterocycles. The highest BCUT2D eigenvalue weighted by Gasteiger charge is 2.01. The van der Waals surface area contributed by atoms with E-state index in [0.717, 1.165) is 25.4 Å². The molecule has 0 aliphatic carbocycles. The minimum Gasteiger partial charge on any atom is -0.298 e. The van der Waals surface area contributed by atoms with E-state index in [4.69, 9.17) is 0 Å². The second-order valence-corrected chi connectivity index (χ2v) is 5.89. The summed E-state index contributed by atoms with van der Waals surface area (Å²) in [4.78, 5) is 21.4. The van der Waals surface area contributed by atoms with Crippen molar-refractivity contribution in [2.45, 2.75) is 12.8 Å². The molecule has 0 fully saturated rings. The van der Waals surface area contributed by atoms with Crippen LogP contribution in [0.3, 0.4) is 0 Å². The van der Waals surface area contributed by atoms with Crippen LogP contribution in [-0.4, -0.2) is 12.6 Å². The van der Waals surface area contributed by atoms with Crippen molar-refractivity contribution in [3.8, 4) is 0 Å². The molecular weight excluding hydrogens is 296 g/mol. The first kappa shape index (κ1) is 15.9. The van der Waals surface area contributed by atoms with Gasteiger partial charge in [-0.15, -0.1) is 0 Å². The Balaban J connectivity index is 1.72. The first-order valence-electron chi connectivity index (χ1n) is 7.93. The molecule has 0 aromatic heterocycles. The molecule has 0 aliphatic rings. The minimum atomic E-state index is 0.700. The Labute approximate surface area is 141 Å². The highest BCUT2D eigenvalue weighted by atomic mass is 16.1. The summed E-state index contributed by atoms with van der Waals surface area (Å²) >= 11 is 0. The highest BCUT2D eigenvalue weighted by Crippen LogP contribution is 2.15. The predicted molar refractivity (Wildman–Crippen MR) is 95.7 cm³/mol. The Bertz CT molecular complexity index is 762. The van der Waals surface area contributed by atoms with Crippen LogP contribution in [0.2, 0.25) is 0 Å². The summed E-state index contributed by atoms with van der Waals surface area (Å²) < 4.78 is 0. The number of rotatable bonds is 6. The largest absolute Gasteiger partial charge is 0.298 e. The van der Waals surface area contributed by atoms with Crippen molar-refractivity contribution < 1.29 is 9.59 Å². The second kappa shape index (κ2) is 7.51. The Hall–Kier alpha value is -3.00. The molecule has 3 rings (SSSR count). The molecule has 3 aromatic carbocycles. The van der Waals surface area contributed by atoms with Gasteiger partial charge in [0.05, 0.1) is 0 Å². The molecule has 0 aliphatic heterocycles. The Kier molecular flexibility index (Phi) is 4.97. The molecule has 0 atom stereocenters. The normalized spacial score (nSPS) is 10.3. The van der Waals surface area contributed by atoms with Crippen LogP contribution in [0.5, 0.6) is 0 Å². The van der Waals surface area contributed by atoms with Crippen molar-refractivity contribution in [3.63, 3.8) is 0 Å². The van der Waals surface area contributed by atoms with E-state index in [1.54, 1.807) is 0 Å². The summed E-state index contributed by atoms with van der Waals surface area (Å²) in [7, 11) is 0. The van der Waals surface area contributed by atoms with Gasteiger partial charge in [-0.2, -0.15) is 0 Å². The Morgan fingerprint density at radius 2 is 0.958 bits per heavy atom. The molecule has 24 heavy (non-hydrogen) atoms. The van der Waals surface area contributed by atoms with E-state index in [9.17, 15) is 9.59 Å². The molecule has 0 bridgehead atoms. The summed E-state index contributed by atoms with van der Waals surface area (Å²) in [6, 6.07) is 23.9. The third-order valence-electron chi connectivity index (χ3n) is 4.04. The number of benzene rings is 3. The van der Waals surface area contributed by atoms with Crippen molar-refractivity contribution in [2.75, 3.05) is 0 Å². The lowest BCUT2D eigenvalue weighted by Gasteiger charge is -2.07. The van der Waals surface area contributed by atoms with Crippen LogP contribution in [0.25, 0.3) is 0 Å². The lowest BCUT2D eigenvalue weighted by molar-refractivity contribution is 0.111. The van der Waals surface area contributed by atoms with Gasteiger partial charge in [0.1, 0.15) is 12.6 Å². The first-order chi connectivity index (χ1) is 11.8. The van der Waals surface area contributed by atoms with E-state index in [-0.39, 0.29) is 0 Å². The van der Waals surface area contributed by atoms with E-state index < -0.39 is 0 Å². The summed E-state index contributed by atoms with van der Waals surface area (Å²) in [6.45, 7) is 0. The number of hydrogen-bond donors (Lipinski definition) is 0. The number of carbonyl (C=O) groups excluding carboxylic acids is 2. The van der Waals surface area contributed by atoms with Gasteiger partial charge in [0, 0.05) is 11.1 Å². The average molecular weight is 314 g/mol. The first-order valence-corrected chi connectivity index (χ1v) is 7.93. The van der Waals surface area contributed by atoms with Crippen LogP contribution in [0.15, 0.2) is 72.8 Å². The van der Waals surface area contributed by atoms with Gasteiger partial charge in [-0.1, -0.05) is 72.8 Å². The molecule has 3 aromatic rings.